The highest BCUT2D eigenvalue weighted by Gasteiger charge is 2.17. The predicted molar refractivity (Wildman–Crippen MR) is 68.8 cm³/mol. The number of hydrogen-bond donors (Lipinski definition) is 0. The highest BCUT2D eigenvalue weighted by molar-refractivity contribution is 6.29. The van der Waals surface area contributed by atoms with Gasteiger partial charge in [0.05, 0.1) is 0 Å². The van der Waals surface area contributed by atoms with E-state index in [9.17, 15) is 19.2 Å². The van der Waals surface area contributed by atoms with Crippen LogP contribution in [0.4, 0.5) is 0 Å². The molecule has 0 aromatic rings. The van der Waals surface area contributed by atoms with Gasteiger partial charge in [-0.1, -0.05) is 13.2 Å². The van der Waals surface area contributed by atoms with Crippen molar-refractivity contribution in [3.8, 4) is 0 Å². The van der Waals surface area contributed by atoms with Crippen LogP contribution in [0.3, 0.4) is 0 Å². The van der Waals surface area contributed by atoms with Crippen molar-refractivity contribution >= 4 is 23.9 Å². The maximum Gasteiger partial charge on any atom is 0.417 e. The van der Waals surface area contributed by atoms with Gasteiger partial charge >= 0.3 is 23.9 Å². The van der Waals surface area contributed by atoms with Gasteiger partial charge in [0.15, 0.2) is 0 Å². The van der Waals surface area contributed by atoms with Gasteiger partial charge in [0.2, 0.25) is 0 Å². The van der Waals surface area contributed by atoms with Crippen molar-refractivity contribution < 1.29 is 38.1 Å². The van der Waals surface area contributed by atoms with Crippen LogP contribution >= 0.6 is 0 Å². The maximum atomic E-state index is 11.1. The van der Waals surface area contributed by atoms with Gasteiger partial charge in [-0.3, -0.25) is 0 Å². The topological polar surface area (TPSA) is 105 Å². The minimum absolute atomic E-state index is 0.204. The first-order chi connectivity index (χ1) is 9.88. The van der Waals surface area contributed by atoms with E-state index in [-0.39, 0.29) is 32.0 Å². The molecule has 0 atom stereocenters. The SMILES string of the molecule is C=CC(=O)OCCOC(=O)C(=O)OCCOC(=O)C(=C)C. The summed E-state index contributed by atoms with van der Waals surface area (Å²) in [5, 5.41) is 0. The Morgan fingerprint density at radius 1 is 0.810 bits per heavy atom. The average molecular weight is 300 g/mol. The number of carbonyl (C=O) groups excluding carboxylic acids is 4. The van der Waals surface area contributed by atoms with Crippen LogP contribution in [-0.2, 0) is 38.1 Å². The monoisotopic (exact) mass is 300 g/mol. The van der Waals surface area contributed by atoms with Crippen molar-refractivity contribution in [2.45, 2.75) is 6.92 Å². The first-order valence-corrected chi connectivity index (χ1v) is 5.84. The summed E-state index contributed by atoms with van der Waals surface area (Å²) >= 11 is 0. The van der Waals surface area contributed by atoms with Crippen LogP contribution < -0.4 is 0 Å². The Hall–Kier alpha value is -2.64. The molecule has 0 amide bonds. The highest BCUT2D eigenvalue weighted by atomic mass is 16.6. The van der Waals surface area contributed by atoms with Crippen LogP contribution in [0.25, 0.3) is 0 Å². The minimum Gasteiger partial charge on any atom is -0.459 e. The van der Waals surface area contributed by atoms with E-state index in [4.69, 9.17) is 0 Å². The molecule has 0 spiro atoms. The number of rotatable bonds is 8. The van der Waals surface area contributed by atoms with E-state index in [0.717, 1.165) is 6.08 Å². The number of esters is 4. The quantitative estimate of drug-likeness (QED) is 0.201. The molecule has 0 aromatic heterocycles. The third-order valence-electron chi connectivity index (χ3n) is 1.79. The summed E-state index contributed by atoms with van der Waals surface area (Å²) in [6.07, 6.45) is 0.947. The molecule has 0 saturated heterocycles. The fourth-order valence-corrected chi connectivity index (χ4v) is 0.845. The molecule has 0 heterocycles. The van der Waals surface area contributed by atoms with E-state index < -0.39 is 23.9 Å². The Morgan fingerprint density at radius 3 is 1.57 bits per heavy atom. The molecule has 21 heavy (non-hydrogen) atoms. The van der Waals surface area contributed by atoms with Crippen molar-refractivity contribution in [2.24, 2.45) is 0 Å². The molecule has 0 aliphatic rings. The van der Waals surface area contributed by atoms with Crippen molar-refractivity contribution in [3.63, 3.8) is 0 Å². The summed E-state index contributed by atoms with van der Waals surface area (Å²) < 4.78 is 18.1. The highest BCUT2D eigenvalue weighted by Crippen LogP contribution is 1.92. The lowest BCUT2D eigenvalue weighted by atomic mass is 10.4. The third kappa shape index (κ3) is 8.98. The van der Waals surface area contributed by atoms with E-state index in [2.05, 4.69) is 32.1 Å². The summed E-state index contributed by atoms with van der Waals surface area (Å²) in [5.74, 6) is -3.78. The second-order valence-electron chi connectivity index (χ2n) is 3.56. The van der Waals surface area contributed by atoms with Gasteiger partial charge < -0.3 is 18.9 Å². The predicted octanol–water partition coefficient (Wildman–Crippen LogP) is -0.0787. The minimum atomic E-state index is -1.24. The van der Waals surface area contributed by atoms with Crippen LogP contribution in [-0.4, -0.2) is 50.3 Å². The van der Waals surface area contributed by atoms with E-state index >= 15 is 0 Å². The third-order valence-corrected chi connectivity index (χ3v) is 1.79. The zero-order valence-electron chi connectivity index (χ0n) is 11.6. The fourth-order valence-electron chi connectivity index (χ4n) is 0.845. The molecule has 0 N–H and O–H groups in total. The standard InChI is InChI=1S/C13H16O8/c1-4-10(14)18-5-6-20-12(16)13(17)21-8-7-19-11(15)9(2)3/h4H,1-2,5-8H2,3H3. The van der Waals surface area contributed by atoms with Crippen molar-refractivity contribution in [1.82, 2.24) is 0 Å². The molecule has 8 heteroatoms. The number of carbonyl (C=O) groups is 4. The molecular formula is C13H16O8. The Kier molecular flexibility index (Phi) is 8.90. The molecule has 0 bridgehead atoms. The molecular weight excluding hydrogens is 284 g/mol. The summed E-state index contributed by atoms with van der Waals surface area (Å²) in [6.45, 7) is 6.99. The second-order valence-corrected chi connectivity index (χ2v) is 3.56. The molecule has 0 saturated carbocycles. The normalized spacial score (nSPS) is 9.19. The molecule has 0 rings (SSSR count). The van der Waals surface area contributed by atoms with Crippen molar-refractivity contribution in [2.75, 3.05) is 26.4 Å². The zero-order chi connectivity index (χ0) is 16.3. The molecule has 0 aromatic carbocycles. The van der Waals surface area contributed by atoms with Crippen LogP contribution in [0.15, 0.2) is 24.8 Å². The molecule has 8 nitrogen and oxygen atoms in total. The Morgan fingerprint density at radius 2 is 1.19 bits per heavy atom. The zero-order valence-corrected chi connectivity index (χ0v) is 11.6. The Balaban J connectivity index is 3.73. The molecule has 0 unspecified atom stereocenters. The fraction of sp³-hybridized carbons (Fsp3) is 0.385. The van der Waals surface area contributed by atoms with Crippen LogP contribution in [0.5, 0.6) is 0 Å². The van der Waals surface area contributed by atoms with Gasteiger partial charge in [-0.25, -0.2) is 19.2 Å². The van der Waals surface area contributed by atoms with E-state index in [1.807, 2.05) is 0 Å². The molecule has 0 radical (unpaired) electrons. The molecule has 0 aliphatic heterocycles. The van der Waals surface area contributed by atoms with Crippen LogP contribution in [0.1, 0.15) is 6.92 Å². The maximum absolute atomic E-state index is 11.1. The summed E-state index contributed by atoms with van der Waals surface area (Å²) in [5.41, 5.74) is 0.204. The second kappa shape index (κ2) is 10.2. The molecule has 116 valence electrons. The lowest BCUT2D eigenvalue weighted by molar-refractivity contribution is -0.170. The summed E-state index contributed by atoms with van der Waals surface area (Å²) in [7, 11) is 0. The largest absolute Gasteiger partial charge is 0.459 e. The van der Waals surface area contributed by atoms with Gasteiger partial charge in [0, 0.05) is 11.6 Å². The molecule has 0 fully saturated rings. The van der Waals surface area contributed by atoms with Gasteiger partial charge in [-0.05, 0) is 6.92 Å². The molecule has 0 aliphatic carbocycles. The Bertz CT molecular complexity index is 437. The summed E-state index contributed by atoms with van der Waals surface area (Å²) in [6, 6.07) is 0. The lowest BCUT2D eigenvalue weighted by Gasteiger charge is -2.06. The number of hydrogen-bond acceptors (Lipinski definition) is 8. The van der Waals surface area contributed by atoms with E-state index in [1.54, 1.807) is 0 Å². The van der Waals surface area contributed by atoms with Crippen molar-refractivity contribution in [1.29, 1.82) is 0 Å². The Labute approximate surface area is 121 Å². The van der Waals surface area contributed by atoms with E-state index in [1.165, 1.54) is 6.92 Å². The van der Waals surface area contributed by atoms with Crippen LogP contribution in [0.2, 0.25) is 0 Å². The summed E-state index contributed by atoms with van der Waals surface area (Å²) in [4.78, 5) is 43.9. The van der Waals surface area contributed by atoms with Gasteiger partial charge in [0.25, 0.3) is 0 Å². The van der Waals surface area contributed by atoms with Crippen LogP contribution in [0, 0.1) is 0 Å². The number of ether oxygens (including phenoxy) is 4. The first kappa shape index (κ1) is 18.4. The van der Waals surface area contributed by atoms with Gasteiger partial charge in [-0.2, -0.15) is 0 Å². The smallest absolute Gasteiger partial charge is 0.417 e. The van der Waals surface area contributed by atoms with E-state index in [0.29, 0.717) is 0 Å². The average Bonchev–Trinajstić information content (AvgIpc) is 2.46. The van der Waals surface area contributed by atoms with Gasteiger partial charge in [-0.15, -0.1) is 0 Å². The van der Waals surface area contributed by atoms with Crippen molar-refractivity contribution in [3.05, 3.63) is 24.8 Å². The lowest BCUT2D eigenvalue weighted by Crippen LogP contribution is -2.24. The first-order valence-electron chi connectivity index (χ1n) is 5.84. The van der Waals surface area contributed by atoms with Gasteiger partial charge in [0.1, 0.15) is 26.4 Å².